The molecule has 0 aliphatic carbocycles. The number of halogens is 3. The van der Waals surface area contributed by atoms with Gasteiger partial charge in [-0.15, -0.1) is 5.01 Å². The summed E-state index contributed by atoms with van der Waals surface area (Å²) in [6.07, 6.45) is -7.14. The number of carbonyl (C=O) groups is 2. The van der Waals surface area contributed by atoms with Crippen LogP contribution in [0.3, 0.4) is 0 Å². The Morgan fingerprint density at radius 3 is 2.26 bits per heavy atom. The smallest absolute Gasteiger partial charge is 0.435 e. The van der Waals surface area contributed by atoms with E-state index < -0.39 is 57.5 Å². The summed E-state index contributed by atoms with van der Waals surface area (Å²) in [5.74, 6) is -0.544. The van der Waals surface area contributed by atoms with Gasteiger partial charge in [0.2, 0.25) is 6.29 Å². The second kappa shape index (κ2) is 14.6. The fourth-order valence-corrected chi connectivity index (χ4v) is 4.44. The number of amides is 1. The van der Waals surface area contributed by atoms with Crippen LogP contribution in [0.1, 0.15) is 39.0 Å². The zero-order valence-corrected chi connectivity index (χ0v) is 26.7. The number of carbonyl (C=O) groups excluding carboxylic acids is 2. The lowest BCUT2D eigenvalue weighted by Gasteiger charge is -2.30. The average molecular weight is 673 g/mol. The Bertz CT molecular complexity index is 1610. The van der Waals surface area contributed by atoms with E-state index >= 15 is 0 Å². The van der Waals surface area contributed by atoms with Gasteiger partial charge in [-0.1, -0.05) is 29.8 Å². The van der Waals surface area contributed by atoms with Crippen LogP contribution < -0.4 is 15.6 Å². The van der Waals surface area contributed by atoms with Gasteiger partial charge in [0.05, 0.1) is 28.2 Å². The molecule has 14 nitrogen and oxygen atoms in total. The molecular formula is C28H35F3N6O8S. The van der Waals surface area contributed by atoms with Gasteiger partial charge in [0.25, 0.3) is 10.0 Å². The Hall–Kier alpha value is -4.07. The van der Waals surface area contributed by atoms with Crippen LogP contribution in [-0.2, 0) is 35.3 Å². The molecule has 3 N–H and O–H groups in total. The van der Waals surface area contributed by atoms with Crippen molar-refractivity contribution in [2.45, 2.75) is 52.0 Å². The molecule has 0 fully saturated rings. The van der Waals surface area contributed by atoms with E-state index in [1.807, 2.05) is 6.92 Å². The monoisotopic (exact) mass is 672 g/mol. The van der Waals surface area contributed by atoms with E-state index in [1.54, 1.807) is 49.8 Å². The SMILES string of the molecule is Cc1ccc(-c2cc(C(F)(F)F)nn2-c2ccc(S(=O)(=O)NC(=O)OCCN(C)[NH+]([O-])NOC(C)OC(=O)C(C)(C)C)cc2)cc1. The van der Waals surface area contributed by atoms with Gasteiger partial charge < -0.3 is 14.7 Å². The van der Waals surface area contributed by atoms with E-state index in [9.17, 15) is 36.4 Å². The molecule has 1 heterocycles. The highest BCUT2D eigenvalue weighted by Crippen LogP contribution is 2.33. The number of nitrogens with one attached hydrogen (secondary N) is 3. The first-order chi connectivity index (χ1) is 21.3. The summed E-state index contributed by atoms with van der Waals surface area (Å²) in [5.41, 5.74) is 1.80. The van der Waals surface area contributed by atoms with Gasteiger partial charge in [0.1, 0.15) is 6.61 Å². The third-order valence-electron chi connectivity index (χ3n) is 6.16. The molecule has 2 atom stereocenters. The Kier molecular flexibility index (Phi) is 11.5. The number of aromatic nitrogens is 2. The normalized spacial score (nSPS) is 13.7. The molecule has 0 aliphatic heterocycles. The lowest BCUT2D eigenvalue weighted by atomic mass is 9.97. The summed E-state index contributed by atoms with van der Waals surface area (Å²) in [5, 5.41) is 16.1. The van der Waals surface area contributed by atoms with Crippen molar-refractivity contribution >= 4 is 22.1 Å². The fraction of sp³-hybridized carbons (Fsp3) is 0.393. The summed E-state index contributed by atoms with van der Waals surface area (Å²) in [6, 6.07) is 12.3. The van der Waals surface area contributed by atoms with Crippen LogP contribution >= 0.6 is 0 Å². The summed E-state index contributed by atoms with van der Waals surface area (Å²) >= 11 is 0. The van der Waals surface area contributed by atoms with E-state index in [4.69, 9.17) is 14.3 Å². The number of benzene rings is 2. The van der Waals surface area contributed by atoms with Crippen molar-refractivity contribution in [3.63, 3.8) is 0 Å². The molecule has 252 valence electrons. The molecule has 0 bridgehead atoms. The number of hydrogen-bond donors (Lipinski definition) is 3. The van der Waals surface area contributed by atoms with Crippen molar-refractivity contribution in [1.29, 1.82) is 0 Å². The minimum Gasteiger partial charge on any atom is -0.591 e. The standard InChI is InChI=1S/C28H35F3N6O8S/c1-18-7-9-20(10-8-18)23-17-24(28(29,30)31)32-36(23)21-11-13-22(14-12-21)46(41,42)33-26(39)43-16-15-35(6)37(40)34-45-19(2)44-25(38)27(3,4)5/h7-14,17,19,34,37H,15-16H2,1-6H3,(H,33,39). The molecular weight excluding hydrogens is 637 g/mol. The van der Waals surface area contributed by atoms with Crippen molar-refractivity contribution < 1.29 is 50.8 Å². The molecule has 3 aromatic rings. The summed E-state index contributed by atoms with van der Waals surface area (Å²) < 4.78 is 78.5. The first kappa shape index (κ1) is 36.4. The van der Waals surface area contributed by atoms with Gasteiger partial charge >= 0.3 is 18.2 Å². The van der Waals surface area contributed by atoms with Crippen LogP contribution in [0.4, 0.5) is 18.0 Å². The minimum absolute atomic E-state index is 0.133. The van der Waals surface area contributed by atoms with Gasteiger partial charge in [-0.25, -0.2) is 27.5 Å². The average Bonchev–Trinajstić information content (AvgIpc) is 3.42. The summed E-state index contributed by atoms with van der Waals surface area (Å²) in [7, 11) is -3.10. The van der Waals surface area contributed by atoms with Crippen LogP contribution in [0.5, 0.6) is 0 Å². The molecule has 1 aromatic heterocycles. The van der Waals surface area contributed by atoms with Gasteiger partial charge in [-0.3, -0.25) is 4.79 Å². The molecule has 3 rings (SSSR count). The number of likely N-dealkylation sites (N-methyl/N-ethyl adjacent to an activating group) is 1. The molecule has 1 amide bonds. The quantitative estimate of drug-likeness (QED) is 0.147. The van der Waals surface area contributed by atoms with Gasteiger partial charge in [-0.2, -0.15) is 23.6 Å². The molecule has 0 spiro atoms. The predicted octanol–water partition coefficient (Wildman–Crippen LogP) is 2.88. The highest BCUT2D eigenvalue weighted by molar-refractivity contribution is 7.90. The Morgan fingerprint density at radius 2 is 1.70 bits per heavy atom. The van der Waals surface area contributed by atoms with Gasteiger partial charge in [0, 0.05) is 19.5 Å². The Morgan fingerprint density at radius 1 is 1.09 bits per heavy atom. The molecule has 18 heteroatoms. The maximum Gasteiger partial charge on any atom is 0.435 e. The van der Waals surface area contributed by atoms with Gasteiger partial charge in [-0.05, 0) is 63.6 Å². The molecule has 0 aliphatic rings. The van der Waals surface area contributed by atoms with Crippen molar-refractivity contribution in [2.24, 2.45) is 5.41 Å². The van der Waals surface area contributed by atoms with Crippen LogP contribution in [0.15, 0.2) is 59.5 Å². The fourth-order valence-electron chi connectivity index (χ4n) is 3.55. The topological polar surface area (TPSA) is 169 Å². The molecule has 0 saturated heterocycles. The largest absolute Gasteiger partial charge is 0.591 e. The number of aryl methyl sites for hydroxylation is 1. The lowest BCUT2D eigenvalue weighted by molar-refractivity contribution is -1.03. The van der Waals surface area contributed by atoms with Gasteiger partial charge in [0.15, 0.2) is 5.69 Å². The maximum absolute atomic E-state index is 13.5. The number of ether oxygens (including phenoxy) is 2. The van der Waals surface area contributed by atoms with Crippen LogP contribution in [0.2, 0.25) is 0 Å². The zero-order valence-electron chi connectivity index (χ0n) is 25.8. The highest BCUT2D eigenvalue weighted by atomic mass is 32.2. The number of esters is 1. The first-order valence-electron chi connectivity index (χ1n) is 13.7. The molecule has 2 unspecified atom stereocenters. The van der Waals surface area contributed by atoms with E-state index in [2.05, 4.69) is 10.7 Å². The third-order valence-corrected chi connectivity index (χ3v) is 7.49. The second-order valence-corrected chi connectivity index (χ2v) is 12.8. The number of nitrogens with zero attached hydrogens (tertiary/aromatic N) is 3. The summed E-state index contributed by atoms with van der Waals surface area (Å²) in [4.78, 5) is 28.6. The predicted molar refractivity (Wildman–Crippen MR) is 157 cm³/mol. The minimum atomic E-state index is -4.72. The van der Waals surface area contributed by atoms with Crippen LogP contribution in [-0.4, -0.2) is 61.8 Å². The van der Waals surface area contributed by atoms with Crippen molar-refractivity contribution in [3.8, 4) is 16.9 Å². The Balaban J connectivity index is 1.57. The Labute approximate surface area is 263 Å². The zero-order chi connectivity index (χ0) is 34.4. The van der Waals surface area contributed by atoms with Crippen LogP contribution in [0, 0.1) is 17.5 Å². The maximum atomic E-state index is 13.5. The first-order valence-corrected chi connectivity index (χ1v) is 15.2. The van der Waals surface area contributed by atoms with Crippen molar-refractivity contribution in [3.05, 3.63) is 71.1 Å². The van der Waals surface area contributed by atoms with E-state index in [1.165, 1.54) is 26.1 Å². The molecule has 0 saturated carbocycles. The van der Waals surface area contributed by atoms with Crippen LogP contribution in [0.25, 0.3) is 16.9 Å². The number of sulfonamides is 1. The summed E-state index contributed by atoms with van der Waals surface area (Å²) in [6.45, 7) is 7.60. The van der Waals surface area contributed by atoms with E-state index in [0.717, 1.165) is 33.5 Å². The van der Waals surface area contributed by atoms with E-state index in [-0.39, 0.29) is 22.8 Å². The van der Waals surface area contributed by atoms with Crippen molar-refractivity contribution in [2.75, 3.05) is 20.2 Å². The van der Waals surface area contributed by atoms with E-state index in [0.29, 0.717) is 5.56 Å². The second-order valence-electron chi connectivity index (χ2n) is 11.1. The van der Waals surface area contributed by atoms with Crippen molar-refractivity contribution in [1.82, 2.24) is 25.1 Å². The lowest BCUT2D eigenvalue weighted by Crippen LogP contribution is -3.19. The number of hydrogen-bond acceptors (Lipinski definition) is 11. The number of rotatable bonds is 12. The highest BCUT2D eigenvalue weighted by Gasteiger charge is 2.35. The number of alkyl halides is 3. The molecule has 2 aromatic carbocycles. The molecule has 46 heavy (non-hydrogen) atoms. The third kappa shape index (κ3) is 9.96. The molecule has 0 radical (unpaired) electrons. The number of quaternary nitrogens is 1.